The number of hydrogen-bond acceptors (Lipinski definition) is 2. The Hall–Kier alpha value is -1.87. The number of esters is 1. The van der Waals surface area contributed by atoms with E-state index in [2.05, 4.69) is 0 Å². The Labute approximate surface area is 114 Å². The number of alkyl halides is 1. The predicted molar refractivity (Wildman–Crippen MR) is 69.8 cm³/mol. The topological polar surface area (TPSA) is 26.3 Å². The summed E-state index contributed by atoms with van der Waals surface area (Å²) in [5, 5.41) is 0. The second-order valence-corrected chi connectivity index (χ2v) is 4.67. The molecule has 0 saturated carbocycles. The molecule has 2 aromatic rings. The molecule has 2 aromatic carbocycles. The van der Waals surface area contributed by atoms with Gasteiger partial charge < -0.3 is 4.74 Å². The summed E-state index contributed by atoms with van der Waals surface area (Å²) in [6.07, 6.45) is 0. The van der Waals surface area contributed by atoms with Crippen LogP contribution in [-0.4, -0.2) is 11.8 Å². The summed E-state index contributed by atoms with van der Waals surface area (Å²) in [7, 11) is 0. The Morgan fingerprint density at radius 1 is 1.11 bits per heavy atom. The predicted octanol–water partition coefficient (Wildman–Crippen LogP) is 3.48. The van der Waals surface area contributed by atoms with E-state index in [1.54, 1.807) is 24.3 Å². The molecule has 19 heavy (non-hydrogen) atoms. The van der Waals surface area contributed by atoms with Crippen LogP contribution in [0.2, 0.25) is 0 Å². The van der Waals surface area contributed by atoms with Crippen LogP contribution in [-0.2, 0) is 10.3 Å². The Bertz CT molecular complexity index is 639. The van der Waals surface area contributed by atoms with Gasteiger partial charge >= 0.3 is 5.97 Å². The number of benzene rings is 2. The van der Waals surface area contributed by atoms with Crippen molar-refractivity contribution in [3.63, 3.8) is 0 Å². The molecule has 1 aliphatic heterocycles. The second kappa shape index (κ2) is 4.35. The van der Waals surface area contributed by atoms with Crippen LogP contribution < -0.4 is 0 Å². The van der Waals surface area contributed by atoms with Crippen molar-refractivity contribution in [1.29, 1.82) is 0 Å². The third-order valence-electron chi connectivity index (χ3n) is 3.35. The van der Waals surface area contributed by atoms with E-state index in [0.717, 1.165) is 5.56 Å². The molecule has 0 aromatic heterocycles. The zero-order chi connectivity index (χ0) is 13.5. The van der Waals surface area contributed by atoms with Gasteiger partial charge in [-0.15, -0.1) is 11.6 Å². The molecule has 1 unspecified atom stereocenters. The van der Waals surface area contributed by atoms with E-state index < -0.39 is 11.6 Å². The zero-order valence-electron chi connectivity index (χ0n) is 9.90. The molecule has 0 N–H and O–H groups in total. The molecule has 1 heterocycles. The largest absolute Gasteiger partial charge is 0.444 e. The number of rotatable bonds is 2. The zero-order valence-corrected chi connectivity index (χ0v) is 10.7. The monoisotopic (exact) mass is 276 g/mol. The highest BCUT2D eigenvalue weighted by atomic mass is 35.5. The van der Waals surface area contributed by atoms with Gasteiger partial charge in [-0.3, -0.25) is 0 Å². The maximum atomic E-state index is 13.0. The molecule has 3 rings (SSSR count). The number of carbonyl (C=O) groups is 1. The molecule has 1 aliphatic rings. The first kappa shape index (κ1) is 12.2. The highest BCUT2D eigenvalue weighted by Crippen LogP contribution is 2.42. The number of cyclic esters (lactones) is 1. The summed E-state index contributed by atoms with van der Waals surface area (Å²) in [5.41, 5.74) is 0.874. The molecule has 0 amide bonds. The maximum absolute atomic E-state index is 13.0. The summed E-state index contributed by atoms with van der Waals surface area (Å²) in [4.78, 5) is 11.9. The van der Waals surface area contributed by atoms with Gasteiger partial charge in [0.15, 0.2) is 5.60 Å². The van der Waals surface area contributed by atoms with E-state index in [-0.39, 0.29) is 11.7 Å². The molecule has 1 atom stereocenters. The summed E-state index contributed by atoms with van der Waals surface area (Å²) >= 11 is 6.06. The van der Waals surface area contributed by atoms with Crippen LogP contribution >= 0.6 is 11.6 Å². The minimum Gasteiger partial charge on any atom is -0.444 e. The van der Waals surface area contributed by atoms with Gasteiger partial charge in [-0.05, 0) is 18.2 Å². The van der Waals surface area contributed by atoms with Crippen LogP contribution in [0.4, 0.5) is 4.39 Å². The normalized spacial score (nSPS) is 21.1. The average Bonchev–Trinajstić information content (AvgIpc) is 2.74. The van der Waals surface area contributed by atoms with E-state index in [1.807, 2.05) is 12.1 Å². The van der Waals surface area contributed by atoms with E-state index in [9.17, 15) is 9.18 Å². The Kier molecular flexibility index (Phi) is 2.79. The second-order valence-electron chi connectivity index (χ2n) is 4.40. The SMILES string of the molecule is O=C1OC(CCl)(c2ccc(F)cc2)c2ccccc21. The fourth-order valence-electron chi connectivity index (χ4n) is 2.39. The fraction of sp³-hybridized carbons (Fsp3) is 0.133. The van der Waals surface area contributed by atoms with Crippen molar-refractivity contribution < 1.29 is 13.9 Å². The van der Waals surface area contributed by atoms with Crippen molar-refractivity contribution >= 4 is 17.6 Å². The molecule has 0 radical (unpaired) electrons. The molecule has 0 fully saturated rings. The molecule has 0 saturated heterocycles. The van der Waals surface area contributed by atoms with Crippen LogP contribution in [0.3, 0.4) is 0 Å². The van der Waals surface area contributed by atoms with Gasteiger partial charge in [0.2, 0.25) is 0 Å². The number of fused-ring (bicyclic) bond motifs is 1. The quantitative estimate of drug-likeness (QED) is 0.620. The summed E-state index contributed by atoms with van der Waals surface area (Å²) in [6, 6.07) is 13.0. The number of halogens is 2. The molecule has 2 nitrogen and oxygen atoms in total. The molecule has 96 valence electrons. The van der Waals surface area contributed by atoms with Gasteiger partial charge in [0.1, 0.15) is 5.82 Å². The van der Waals surface area contributed by atoms with Crippen molar-refractivity contribution in [3.8, 4) is 0 Å². The van der Waals surface area contributed by atoms with Crippen LogP contribution in [0.25, 0.3) is 0 Å². The van der Waals surface area contributed by atoms with E-state index >= 15 is 0 Å². The summed E-state index contributed by atoms with van der Waals surface area (Å²) in [5.74, 6) is -0.659. The van der Waals surface area contributed by atoms with Crippen molar-refractivity contribution in [2.24, 2.45) is 0 Å². The van der Waals surface area contributed by atoms with Gasteiger partial charge in [-0.1, -0.05) is 30.3 Å². The van der Waals surface area contributed by atoms with Gasteiger partial charge in [0.05, 0.1) is 11.4 Å². The van der Waals surface area contributed by atoms with E-state index in [1.165, 1.54) is 12.1 Å². The molecular weight excluding hydrogens is 267 g/mol. The molecule has 4 heteroatoms. The number of ether oxygens (including phenoxy) is 1. The minimum absolute atomic E-state index is 0.0847. The lowest BCUT2D eigenvalue weighted by molar-refractivity contribution is 0.0192. The Morgan fingerprint density at radius 3 is 2.47 bits per heavy atom. The third kappa shape index (κ3) is 1.73. The lowest BCUT2D eigenvalue weighted by atomic mass is 9.87. The fourth-order valence-corrected chi connectivity index (χ4v) is 2.74. The molecule has 0 spiro atoms. The highest BCUT2D eigenvalue weighted by Gasteiger charge is 2.46. The van der Waals surface area contributed by atoms with E-state index in [0.29, 0.717) is 11.1 Å². The van der Waals surface area contributed by atoms with Crippen molar-refractivity contribution in [3.05, 3.63) is 71.0 Å². The molecule has 0 bridgehead atoms. The number of carbonyl (C=O) groups excluding carboxylic acids is 1. The van der Waals surface area contributed by atoms with E-state index in [4.69, 9.17) is 16.3 Å². The van der Waals surface area contributed by atoms with Crippen LogP contribution in [0.1, 0.15) is 21.5 Å². The van der Waals surface area contributed by atoms with Gasteiger partial charge in [0, 0.05) is 11.1 Å². The van der Waals surface area contributed by atoms with Crippen LogP contribution in [0, 0.1) is 5.82 Å². The number of hydrogen-bond donors (Lipinski definition) is 0. The maximum Gasteiger partial charge on any atom is 0.339 e. The van der Waals surface area contributed by atoms with Crippen molar-refractivity contribution in [2.75, 3.05) is 5.88 Å². The van der Waals surface area contributed by atoms with Gasteiger partial charge in [0.25, 0.3) is 0 Å². The highest BCUT2D eigenvalue weighted by molar-refractivity contribution is 6.19. The lowest BCUT2D eigenvalue weighted by Crippen LogP contribution is -2.29. The van der Waals surface area contributed by atoms with Crippen LogP contribution in [0.15, 0.2) is 48.5 Å². The Morgan fingerprint density at radius 2 is 1.79 bits per heavy atom. The smallest absolute Gasteiger partial charge is 0.339 e. The first-order valence-corrected chi connectivity index (χ1v) is 6.36. The summed E-state index contributed by atoms with van der Waals surface area (Å²) in [6.45, 7) is 0. The standard InChI is InChI=1S/C15H10ClFO2/c16-9-15(10-5-7-11(17)8-6-10)13-4-2-1-3-12(13)14(18)19-15/h1-8H,9H2. The van der Waals surface area contributed by atoms with Crippen molar-refractivity contribution in [1.82, 2.24) is 0 Å². The lowest BCUT2D eigenvalue weighted by Gasteiger charge is -2.27. The Balaban J connectivity index is 2.21. The average molecular weight is 277 g/mol. The minimum atomic E-state index is -1.02. The molecular formula is C15H10ClFO2. The van der Waals surface area contributed by atoms with Gasteiger partial charge in [-0.25, -0.2) is 9.18 Å². The third-order valence-corrected chi connectivity index (χ3v) is 3.72. The van der Waals surface area contributed by atoms with Crippen LogP contribution in [0.5, 0.6) is 0 Å². The van der Waals surface area contributed by atoms with Crippen molar-refractivity contribution in [2.45, 2.75) is 5.60 Å². The molecule has 0 aliphatic carbocycles. The first-order chi connectivity index (χ1) is 9.17. The van der Waals surface area contributed by atoms with Gasteiger partial charge in [-0.2, -0.15) is 0 Å². The first-order valence-electron chi connectivity index (χ1n) is 5.82. The summed E-state index contributed by atoms with van der Waals surface area (Å²) < 4.78 is 18.5.